The third-order valence-electron chi connectivity index (χ3n) is 5.88. The Bertz CT molecular complexity index is 788. The summed E-state index contributed by atoms with van der Waals surface area (Å²) in [7, 11) is -0.118. The van der Waals surface area contributed by atoms with Crippen LogP contribution in [0.2, 0.25) is 0 Å². The minimum Gasteiger partial charge on any atom is -0.453 e. The van der Waals surface area contributed by atoms with E-state index in [0.29, 0.717) is 31.9 Å². The molecule has 2 heterocycles. The first-order chi connectivity index (χ1) is 13.8. The van der Waals surface area contributed by atoms with Gasteiger partial charge in [-0.1, -0.05) is 0 Å². The van der Waals surface area contributed by atoms with Gasteiger partial charge in [0, 0.05) is 31.7 Å². The lowest BCUT2D eigenvalue weighted by molar-refractivity contribution is -0.0246. The topological polar surface area (TPSA) is 103 Å². The molecular weight excluding hydrogens is 396 g/mol. The molecule has 0 aromatic carbocycles. The summed E-state index contributed by atoms with van der Waals surface area (Å²) in [6, 6.07) is 1.32. The van der Waals surface area contributed by atoms with Crippen LogP contribution in [-0.4, -0.2) is 73.9 Å². The molecule has 2 aliphatic rings. The van der Waals surface area contributed by atoms with E-state index in [-0.39, 0.29) is 18.2 Å². The number of nitrogens with zero attached hydrogens (tertiary/aromatic N) is 3. The highest BCUT2D eigenvalue weighted by atomic mass is 32.2. The van der Waals surface area contributed by atoms with Crippen LogP contribution in [0.15, 0.2) is 12.3 Å². The molecule has 0 bridgehead atoms. The van der Waals surface area contributed by atoms with Crippen LogP contribution in [0.1, 0.15) is 50.1 Å². The lowest BCUT2D eigenvalue weighted by Crippen LogP contribution is -2.59. The Hall–Kier alpha value is -1.65. The molecule has 2 fully saturated rings. The van der Waals surface area contributed by atoms with E-state index in [2.05, 4.69) is 15.9 Å². The van der Waals surface area contributed by atoms with E-state index in [1.807, 2.05) is 17.9 Å². The number of carbonyl (C=O) groups is 1. The number of piperidine rings is 1. The summed E-state index contributed by atoms with van der Waals surface area (Å²) < 4.78 is 39.1. The predicted molar refractivity (Wildman–Crippen MR) is 108 cm³/mol. The predicted octanol–water partition coefficient (Wildman–Crippen LogP) is 1.61. The molecule has 10 heteroatoms. The summed E-state index contributed by atoms with van der Waals surface area (Å²) >= 11 is 0. The lowest BCUT2D eigenvalue weighted by atomic mass is 9.85. The van der Waals surface area contributed by atoms with Gasteiger partial charge in [0.2, 0.25) is 10.0 Å². The van der Waals surface area contributed by atoms with Gasteiger partial charge in [0.05, 0.1) is 37.8 Å². The van der Waals surface area contributed by atoms with Crippen molar-refractivity contribution in [3.63, 3.8) is 0 Å². The van der Waals surface area contributed by atoms with Crippen molar-refractivity contribution in [1.82, 2.24) is 19.4 Å². The maximum absolute atomic E-state index is 12.2. The number of likely N-dealkylation sites (tertiary alicyclic amines) is 1. The Morgan fingerprint density at radius 1 is 1.28 bits per heavy atom. The van der Waals surface area contributed by atoms with Crippen LogP contribution < -0.4 is 4.72 Å². The second kappa shape index (κ2) is 9.44. The molecule has 1 amide bonds. The van der Waals surface area contributed by atoms with Crippen LogP contribution in [0.4, 0.5) is 4.79 Å². The number of carbonyl (C=O) groups excluding carboxylic acids is 1. The first-order valence-corrected chi connectivity index (χ1v) is 12.1. The minimum atomic E-state index is -3.38. The fourth-order valence-corrected chi connectivity index (χ4v) is 5.26. The van der Waals surface area contributed by atoms with Crippen LogP contribution in [0.3, 0.4) is 0 Å². The van der Waals surface area contributed by atoms with E-state index < -0.39 is 16.1 Å². The van der Waals surface area contributed by atoms with Crippen molar-refractivity contribution in [2.45, 2.75) is 62.6 Å². The zero-order valence-electron chi connectivity index (χ0n) is 17.4. The normalized spacial score (nSPS) is 28.3. The minimum absolute atomic E-state index is 0.107. The molecule has 29 heavy (non-hydrogen) atoms. The van der Waals surface area contributed by atoms with Crippen molar-refractivity contribution in [2.24, 2.45) is 7.05 Å². The molecule has 0 unspecified atom stereocenters. The van der Waals surface area contributed by atoms with Crippen LogP contribution in [0.25, 0.3) is 0 Å². The Morgan fingerprint density at radius 3 is 2.59 bits per heavy atom. The second-order valence-corrected chi connectivity index (χ2v) is 9.87. The number of amides is 1. The fourth-order valence-electron chi connectivity index (χ4n) is 4.43. The summed E-state index contributed by atoms with van der Waals surface area (Å²) in [6.07, 6.45) is 8.03. The SMILES string of the molecule is COC(=O)N1CCC[C@H](NS(C)(=O)=O)[C@@H]1COC1CCC(c2ccn(C)n2)CC1. The van der Waals surface area contributed by atoms with Gasteiger partial charge in [0.25, 0.3) is 0 Å². The molecule has 0 radical (unpaired) electrons. The number of ether oxygens (including phenoxy) is 2. The number of nitrogens with one attached hydrogen (secondary N) is 1. The van der Waals surface area contributed by atoms with Crippen molar-refractivity contribution in [3.8, 4) is 0 Å². The van der Waals surface area contributed by atoms with Gasteiger partial charge in [-0.3, -0.25) is 4.68 Å². The highest BCUT2D eigenvalue weighted by Crippen LogP contribution is 2.33. The van der Waals surface area contributed by atoms with E-state index in [1.54, 1.807) is 4.90 Å². The number of methoxy groups -OCH3 is 1. The Morgan fingerprint density at radius 2 is 2.00 bits per heavy atom. The number of rotatable bonds is 6. The molecular formula is C19H32N4O5S. The molecule has 1 aromatic heterocycles. The first-order valence-electron chi connectivity index (χ1n) is 10.2. The van der Waals surface area contributed by atoms with Crippen molar-refractivity contribution >= 4 is 16.1 Å². The highest BCUT2D eigenvalue weighted by molar-refractivity contribution is 7.88. The zero-order valence-corrected chi connectivity index (χ0v) is 18.2. The average Bonchev–Trinajstić information content (AvgIpc) is 3.11. The standard InChI is InChI=1S/C19H32N4O5S/c1-22-12-10-16(20-22)14-6-8-15(9-7-14)28-13-18-17(21-29(3,25)26)5-4-11-23(18)19(24)27-2/h10,12,14-15,17-18,21H,4-9,11,13H2,1-3H3/t14?,15?,17-,18-/m0/s1. The maximum Gasteiger partial charge on any atom is 0.409 e. The Labute approximate surface area is 172 Å². The summed E-state index contributed by atoms with van der Waals surface area (Å²) in [5.74, 6) is 0.456. The van der Waals surface area contributed by atoms with Crippen molar-refractivity contribution in [3.05, 3.63) is 18.0 Å². The van der Waals surface area contributed by atoms with Gasteiger partial charge >= 0.3 is 6.09 Å². The van der Waals surface area contributed by atoms with Gasteiger partial charge in [-0.05, 0) is 44.6 Å². The van der Waals surface area contributed by atoms with Crippen LogP contribution in [-0.2, 0) is 26.5 Å². The number of aromatic nitrogens is 2. The summed E-state index contributed by atoms with van der Waals surface area (Å²) in [4.78, 5) is 13.8. The number of sulfonamides is 1. The maximum atomic E-state index is 12.2. The quantitative estimate of drug-likeness (QED) is 0.738. The monoisotopic (exact) mass is 428 g/mol. The molecule has 0 spiro atoms. The second-order valence-electron chi connectivity index (χ2n) is 8.09. The summed E-state index contributed by atoms with van der Waals surface area (Å²) in [5, 5.41) is 4.51. The Kier molecular flexibility index (Phi) is 7.18. The molecule has 1 N–H and O–H groups in total. The van der Waals surface area contributed by atoms with E-state index in [1.165, 1.54) is 7.11 Å². The molecule has 1 saturated heterocycles. The van der Waals surface area contributed by atoms with Crippen molar-refractivity contribution in [1.29, 1.82) is 0 Å². The smallest absolute Gasteiger partial charge is 0.409 e. The third-order valence-corrected chi connectivity index (χ3v) is 6.61. The molecule has 3 rings (SSSR count). The van der Waals surface area contributed by atoms with Crippen molar-refractivity contribution < 1.29 is 22.7 Å². The molecule has 164 valence electrons. The van der Waals surface area contributed by atoms with Gasteiger partial charge < -0.3 is 14.4 Å². The van der Waals surface area contributed by atoms with Crippen LogP contribution >= 0.6 is 0 Å². The number of hydrogen-bond donors (Lipinski definition) is 1. The highest BCUT2D eigenvalue weighted by Gasteiger charge is 2.37. The lowest BCUT2D eigenvalue weighted by Gasteiger charge is -2.41. The van der Waals surface area contributed by atoms with Gasteiger partial charge in [0.15, 0.2) is 0 Å². The van der Waals surface area contributed by atoms with E-state index in [9.17, 15) is 13.2 Å². The first kappa shape index (κ1) is 22.0. The van der Waals surface area contributed by atoms with Gasteiger partial charge in [0.1, 0.15) is 0 Å². The van der Waals surface area contributed by atoms with E-state index in [0.717, 1.165) is 37.6 Å². The van der Waals surface area contributed by atoms with Crippen LogP contribution in [0.5, 0.6) is 0 Å². The molecule has 1 aromatic rings. The van der Waals surface area contributed by atoms with E-state index in [4.69, 9.17) is 9.47 Å². The molecule has 1 aliphatic carbocycles. The molecule has 9 nitrogen and oxygen atoms in total. The van der Waals surface area contributed by atoms with Gasteiger partial charge in [-0.15, -0.1) is 0 Å². The van der Waals surface area contributed by atoms with Crippen LogP contribution in [0, 0.1) is 0 Å². The fraction of sp³-hybridized carbons (Fsp3) is 0.789. The molecule has 2 atom stereocenters. The third kappa shape index (κ3) is 5.93. The average molecular weight is 429 g/mol. The Balaban J connectivity index is 1.58. The van der Waals surface area contributed by atoms with Crippen molar-refractivity contribution in [2.75, 3.05) is 26.5 Å². The molecule has 1 saturated carbocycles. The summed E-state index contributed by atoms with van der Waals surface area (Å²) in [6.45, 7) is 0.830. The number of hydrogen-bond acceptors (Lipinski definition) is 6. The van der Waals surface area contributed by atoms with Gasteiger partial charge in [-0.2, -0.15) is 5.10 Å². The van der Waals surface area contributed by atoms with E-state index >= 15 is 0 Å². The largest absolute Gasteiger partial charge is 0.453 e. The molecule has 1 aliphatic heterocycles. The summed E-state index contributed by atoms with van der Waals surface area (Å²) in [5.41, 5.74) is 1.13. The number of aryl methyl sites for hydroxylation is 1. The zero-order chi connectivity index (χ0) is 21.0. The van der Waals surface area contributed by atoms with Gasteiger partial charge in [-0.25, -0.2) is 17.9 Å².